The maximum atomic E-state index is 12.8. The molecule has 35 heavy (non-hydrogen) atoms. The number of halogens is 4. The summed E-state index contributed by atoms with van der Waals surface area (Å²) < 4.78 is 39.0. The molecule has 180 valence electrons. The van der Waals surface area contributed by atoms with Gasteiger partial charge in [0, 0.05) is 47.6 Å². The third kappa shape index (κ3) is 5.33. The number of nitrogens with one attached hydrogen (secondary N) is 4. The predicted molar refractivity (Wildman–Crippen MR) is 136 cm³/mol. The number of benzene rings is 2. The molecular weight excluding hydrogens is 521 g/mol. The third-order valence-electron chi connectivity index (χ3n) is 5.83. The van der Waals surface area contributed by atoms with E-state index >= 15 is 0 Å². The second kappa shape index (κ2) is 9.71. The summed E-state index contributed by atoms with van der Waals surface area (Å²) in [7, 11) is 0. The Balaban J connectivity index is 1.32. The van der Waals surface area contributed by atoms with Gasteiger partial charge in [-0.05, 0) is 70.4 Å². The monoisotopic (exact) mass is 542 g/mol. The van der Waals surface area contributed by atoms with Crippen molar-refractivity contribution in [1.82, 2.24) is 20.3 Å². The van der Waals surface area contributed by atoms with Crippen molar-refractivity contribution in [3.05, 3.63) is 82.1 Å². The Morgan fingerprint density at radius 1 is 1.09 bits per heavy atom. The average Bonchev–Trinajstić information content (AvgIpc) is 3.28. The van der Waals surface area contributed by atoms with Crippen LogP contribution in [0.2, 0.25) is 0 Å². The fraction of sp³-hybridized carbons (Fsp3) is 0.200. The molecule has 0 atom stereocenters. The van der Waals surface area contributed by atoms with Crippen LogP contribution in [0.3, 0.4) is 0 Å². The molecule has 10 heteroatoms. The van der Waals surface area contributed by atoms with Gasteiger partial charge in [0.05, 0.1) is 10.0 Å². The van der Waals surface area contributed by atoms with Gasteiger partial charge in [-0.15, -0.1) is 0 Å². The topological polar surface area (TPSA) is 77.7 Å². The van der Waals surface area contributed by atoms with E-state index in [1.165, 1.54) is 23.3 Å². The lowest BCUT2D eigenvalue weighted by Gasteiger charge is -2.14. The fourth-order valence-electron chi connectivity index (χ4n) is 4.01. The molecule has 0 aliphatic carbocycles. The van der Waals surface area contributed by atoms with E-state index in [1.807, 2.05) is 18.3 Å². The summed E-state index contributed by atoms with van der Waals surface area (Å²) in [6.07, 6.45) is 2.53. The molecule has 0 radical (unpaired) electrons. The number of hydrogen-bond donors (Lipinski definition) is 4. The zero-order valence-electron chi connectivity index (χ0n) is 18.5. The standard InChI is InChI=1S/C25H22BrF3N6/c26-21-14-33-24(35-23(21)32-12-15-1-3-17(4-2-15)25(27,28)29)34-18-5-6-22-19(11-18)20(13-31-22)16-7-9-30-10-8-16/h1-7,11,13-14,30-31H,8-10,12H2,(H2,32,33,34,35). The van der Waals surface area contributed by atoms with Crippen LogP contribution < -0.4 is 16.0 Å². The summed E-state index contributed by atoms with van der Waals surface area (Å²) in [5.74, 6) is 0.936. The molecule has 5 rings (SSSR count). The number of nitrogens with zero attached hydrogens (tertiary/aromatic N) is 2. The number of aromatic amines is 1. The van der Waals surface area contributed by atoms with Gasteiger partial charge < -0.3 is 20.9 Å². The van der Waals surface area contributed by atoms with Crippen LogP contribution in [0.15, 0.2) is 65.4 Å². The van der Waals surface area contributed by atoms with Crippen molar-refractivity contribution in [3.63, 3.8) is 0 Å². The SMILES string of the molecule is FC(F)(F)c1ccc(CNc2nc(Nc3ccc4[nH]cc(C5=CCNCC5)c4c3)ncc2Br)cc1. The molecule has 0 saturated heterocycles. The molecule has 0 saturated carbocycles. The summed E-state index contributed by atoms with van der Waals surface area (Å²) in [5, 5.41) is 10.9. The summed E-state index contributed by atoms with van der Waals surface area (Å²) in [4.78, 5) is 12.2. The van der Waals surface area contributed by atoms with E-state index in [-0.39, 0.29) is 0 Å². The van der Waals surface area contributed by atoms with Crippen molar-refractivity contribution >= 4 is 49.9 Å². The van der Waals surface area contributed by atoms with E-state index in [0.717, 1.165) is 48.2 Å². The molecule has 2 aromatic heterocycles. The lowest BCUT2D eigenvalue weighted by molar-refractivity contribution is -0.137. The number of rotatable bonds is 6. The van der Waals surface area contributed by atoms with Gasteiger partial charge in [-0.1, -0.05) is 18.2 Å². The molecule has 0 unspecified atom stereocenters. The van der Waals surface area contributed by atoms with Gasteiger partial charge in [-0.3, -0.25) is 0 Å². The molecule has 0 spiro atoms. The Bertz CT molecular complexity index is 1380. The highest BCUT2D eigenvalue weighted by Crippen LogP contribution is 2.31. The normalized spacial score (nSPS) is 14.1. The molecule has 0 fully saturated rings. The van der Waals surface area contributed by atoms with E-state index < -0.39 is 11.7 Å². The first-order valence-corrected chi connectivity index (χ1v) is 11.9. The molecular formula is C25H22BrF3N6. The number of alkyl halides is 3. The Hall–Kier alpha value is -3.37. The quantitative estimate of drug-likeness (QED) is 0.224. The van der Waals surface area contributed by atoms with Gasteiger partial charge >= 0.3 is 6.18 Å². The van der Waals surface area contributed by atoms with Crippen molar-refractivity contribution in [2.45, 2.75) is 19.1 Å². The molecule has 0 bridgehead atoms. The van der Waals surface area contributed by atoms with Crippen molar-refractivity contribution < 1.29 is 13.2 Å². The largest absolute Gasteiger partial charge is 0.416 e. The van der Waals surface area contributed by atoms with E-state index in [9.17, 15) is 13.2 Å². The van der Waals surface area contributed by atoms with Crippen molar-refractivity contribution in [2.24, 2.45) is 0 Å². The van der Waals surface area contributed by atoms with Gasteiger partial charge in [0.25, 0.3) is 0 Å². The first-order chi connectivity index (χ1) is 16.9. The minimum atomic E-state index is -4.35. The smallest absolute Gasteiger partial charge is 0.365 e. The minimum absolute atomic E-state index is 0.315. The zero-order valence-corrected chi connectivity index (χ0v) is 20.1. The minimum Gasteiger partial charge on any atom is -0.365 e. The number of H-pyrrole nitrogens is 1. The number of aromatic nitrogens is 3. The van der Waals surface area contributed by atoms with Crippen LogP contribution in [0.25, 0.3) is 16.5 Å². The highest BCUT2D eigenvalue weighted by Gasteiger charge is 2.29. The Kier molecular flexibility index (Phi) is 6.48. The predicted octanol–water partition coefficient (Wildman–Crippen LogP) is 6.47. The van der Waals surface area contributed by atoms with E-state index in [4.69, 9.17) is 0 Å². The van der Waals surface area contributed by atoms with E-state index in [1.54, 1.807) is 6.20 Å². The Morgan fingerprint density at radius 2 is 1.91 bits per heavy atom. The van der Waals surface area contributed by atoms with Gasteiger partial charge in [-0.2, -0.15) is 18.2 Å². The van der Waals surface area contributed by atoms with Crippen molar-refractivity contribution in [3.8, 4) is 0 Å². The maximum absolute atomic E-state index is 12.8. The fourth-order valence-corrected chi connectivity index (χ4v) is 4.34. The third-order valence-corrected chi connectivity index (χ3v) is 6.41. The number of hydrogen-bond acceptors (Lipinski definition) is 5. The van der Waals surface area contributed by atoms with Gasteiger partial charge in [0.15, 0.2) is 0 Å². The second-order valence-electron chi connectivity index (χ2n) is 8.21. The zero-order chi connectivity index (χ0) is 24.4. The molecule has 1 aliphatic rings. The van der Waals surface area contributed by atoms with Gasteiger partial charge in [0.2, 0.25) is 5.95 Å². The molecule has 1 aliphatic heterocycles. The van der Waals surface area contributed by atoms with E-state index in [0.29, 0.717) is 28.3 Å². The molecule has 2 aromatic carbocycles. The maximum Gasteiger partial charge on any atom is 0.416 e. The van der Waals surface area contributed by atoms with Gasteiger partial charge in [-0.25, -0.2) is 4.98 Å². The molecule has 3 heterocycles. The molecule has 6 nitrogen and oxygen atoms in total. The lowest BCUT2D eigenvalue weighted by atomic mass is 9.99. The van der Waals surface area contributed by atoms with Crippen LogP contribution in [-0.4, -0.2) is 28.0 Å². The summed E-state index contributed by atoms with van der Waals surface area (Å²) >= 11 is 3.43. The van der Waals surface area contributed by atoms with E-state index in [2.05, 4.69) is 59.0 Å². The van der Waals surface area contributed by atoms with Crippen LogP contribution in [0.4, 0.5) is 30.6 Å². The van der Waals surface area contributed by atoms with Crippen LogP contribution in [0.5, 0.6) is 0 Å². The van der Waals surface area contributed by atoms with Gasteiger partial charge in [0.1, 0.15) is 5.82 Å². The van der Waals surface area contributed by atoms with Crippen LogP contribution >= 0.6 is 15.9 Å². The van der Waals surface area contributed by atoms with Crippen molar-refractivity contribution in [2.75, 3.05) is 23.7 Å². The average molecular weight is 543 g/mol. The number of fused-ring (bicyclic) bond motifs is 1. The highest BCUT2D eigenvalue weighted by atomic mass is 79.9. The summed E-state index contributed by atoms with van der Waals surface area (Å²) in [6.45, 7) is 2.15. The first kappa shape index (κ1) is 23.4. The summed E-state index contributed by atoms with van der Waals surface area (Å²) in [5.41, 5.74) is 4.46. The Labute approximate surface area is 208 Å². The summed E-state index contributed by atoms with van der Waals surface area (Å²) in [6, 6.07) is 11.1. The van der Waals surface area contributed by atoms with Crippen LogP contribution in [0, 0.1) is 0 Å². The molecule has 4 aromatic rings. The van der Waals surface area contributed by atoms with Crippen LogP contribution in [0.1, 0.15) is 23.1 Å². The lowest BCUT2D eigenvalue weighted by Crippen LogP contribution is -2.19. The Morgan fingerprint density at radius 3 is 2.66 bits per heavy atom. The number of anilines is 3. The van der Waals surface area contributed by atoms with Crippen molar-refractivity contribution in [1.29, 1.82) is 0 Å². The molecule has 4 N–H and O–H groups in total. The van der Waals surface area contributed by atoms with Crippen LogP contribution in [-0.2, 0) is 12.7 Å². The first-order valence-electron chi connectivity index (χ1n) is 11.1. The molecule has 0 amide bonds. The highest BCUT2D eigenvalue weighted by molar-refractivity contribution is 9.10. The second-order valence-corrected chi connectivity index (χ2v) is 9.06.